The van der Waals surface area contributed by atoms with Crippen LogP contribution in [0.1, 0.15) is 36.7 Å². The Balaban J connectivity index is 2.72. The van der Waals surface area contributed by atoms with E-state index in [-0.39, 0.29) is 11.8 Å². The number of rotatable bonds is 6. The molecule has 0 bridgehead atoms. The van der Waals surface area contributed by atoms with Crippen molar-refractivity contribution in [2.24, 2.45) is 5.73 Å². The van der Waals surface area contributed by atoms with Gasteiger partial charge in [-0.2, -0.15) is 0 Å². The lowest BCUT2D eigenvalue weighted by atomic mass is 10.0. The second-order valence-corrected chi connectivity index (χ2v) is 3.73. The number of ketones is 1. The predicted molar refractivity (Wildman–Crippen MR) is 62.6 cm³/mol. The van der Waals surface area contributed by atoms with Crippen molar-refractivity contribution in [1.29, 1.82) is 0 Å². The predicted octanol–water partition coefficient (Wildman–Crippen LogP) is 1.79. The van der Waals surface area contributed by atoms with Crippen LogP contribution in [0, 0.1) is 0 Å². The van der Waals surface area contributed by atoms with Crippen LogP contribution in [0.25, 0.3) is 0 Å². The van der Waals surface area contributed by atoms with Crippen molar-refractivity contribution in [3.05, 3.63) is 24.0 Å². The van der Waals surface area contributed by atoms with Gasteiger partial charge in [0.05, 0.1) is 7.11 Å². The lowest BCUT2D eigenvalue weighted by Crippen LogP contribution is -2.24. The summed E-state index contributed by atoms with van der Waals surface area (Å²) in [5.74, 6) is 0.453. The second kappa shape index (κ2) is 6.23. The number of carbonyl (C=O) groups excluding carboxylic acids is 1. The highest BCUT2D eigenvalue weighted by molar-refractivity contribution is 5.97. The van der Waals surface area contributed by atoms with Crippen molar-refractivity contribution in [3.63, 3.8) is 0 Å². The topological polar surface area (TPSA) is 65.2 Å². The van der Waals surface area contributed by atoms with E-state index in [4.69, 9.17) is 10.5 Å². The summed E-state index contributed by atoms with van der Waals surface area (Å²) in [4.78, 5) is 15.9. The number of hydrogen-bond acceptors (Lipinski definition) is 4. The summed E-state index contributed by atoms with van der Waals surface area (Å²) in [5, 5.41) is 0. The van der Waals surface area contributed by atoms with Crippen LogP contribution in [0.15, 0.2) is 18.3 Å². The summed E-state index contributed by atoms with van der Waals surface area (Å²) in [6.07, 6.45) is 3.73. The Morgan fingerprint density at radius 1 is 1.62 bits per heavy atom. The van der Waals surface area contributed by atoms with Gasteiger partial charge < -0.3 is 10.5 Å². The first-order valence-electron chi connectivity index (χ1n) is 5.46. The van der Waals surface area contributed by atoms with Gasteiger partial charge in [0.25, 0.3) is 0 Å². The summed E-state index contributed by atoms with van der Waals surface area (Å²) in [5.41, 5.74) is 6.20. The highest BCUT2D eigenvalue weighted by atomic mass is 16.5. The Kier molecular flexibility index (Phi) is 4.92. The Morgan fingerprint density at radius 3 is 3.00 bits per heavy atom. The lowest BCUT2D eigenvalue weighted by molar-refractivity contribution is 0.0965. The number of carbonyl (C=O) groups is 1. The molecule has 0 aliphatic rings. The van der Waals surface area contributed by atoms with Gasteiger partial charge in [0.15, 0.2) is 5.78 Å². The molecule has 4 nitrogen and oxygen atoms in total. The molecule has 16 heavy (non-hydrogen) atoms. The quantitative estimate of drug-likeness (QED) is 0.745. The highest BCUT2D eigenvalue weighted by Gasteiger charge is 2.16. The molecular weight excluding hydrogens is 204 g/mol. The van der Waals surface area contributed by atoms with E-state index in [1.165, 1.54) is 7.11 Å². The van der Waals surface area contributed by atoms with Crippen LogP contribution in [-0.4, -0.2) is 23.9 Å². The molecule has 1 aromatic heterocycles. The van der Waals surface area contributed by atoms with Gasteiger partial charge in [-0.25, -0.2) is 4.98 Å². The number of pyridine rings is 1. The minimum absolute atomic E-state index is 0.0570. The van der Waals surface area contributed by atoms with Crippen molar-refractivity contribution < 1.29 is 9.53 Å². The van der Waals surface area contributed by atoms with E-state index < -0.39 is 0 Å². The Bertz CT molecular complexity index is 353. The number of nitrogens with two attached hydrogens (primary N) is 1. The summed E-state index contributed by atoms with van der Waals surface area (Å²) >= 11 is 0. The van der Waals surface area contributed by atoms with E-state index >= 15 is 0 Å². The summed E-state index contributed by atoms with van der Waals surface area (Å²) in [6, 6.07) is 3.37. The molecule has 88 valence electrons. The Morgan fingerprint density at radius 2 is 2.38 bits per heavy atom. The van der Waals surface area contributed by atoms with E-state index in [0.717, 1.165) is 12.8 Å². The van der Waals surface area contributed by atoms with Crippen LogP contribution >= 0.6 is 0 Å². The van der Waals surface area contributed by atoms with E-state index in [9.17, 15) is 4.79 Å². The molecule has 1 heterocycles. The number of aromatic nitrogens is 1. The molecule has 0 aliphatic carbocycles. The summed E-state index contributed by atoms with van der Waals surface area (Å²) in [7, 11) is 1.53. The standard InChI is InChI=1S/C12H18N2O2/c1-3-5-9(13)8-10(15)12-11(16-2)6-4-7-14-12/h4,6-7,9H,3,5,8,13H2,1-2H3. The van der Waals surface area contributed by atoms with Crippen LogP contribution in [0.3, 0.4) is 0 Å². The van der Waals surface area contributed by atoms with Crippen molar-refractivity contribution in [1.82, 2.24) is 4.98 Å². The zero-order chi connectivity index (χ0) is 12.0. The molecule has 1 atom stereocenters. The van der Waals surface area contributed by atoms with Gasteiger partial charge in [-0.15, -0.1) is 0 Å². The molecular formula is C12H18N2O2. The first kappa shape index (κ1) is 12.6. The largest absolute Gasteiger partial charge is 0.494 e. The fourth-order valence-electron chi connectivity index (χ4n) is 1.57. The van der Waals surface area contributed by atoms with Gasteiger partial charge in [-0.05, 0) is 18.6 Å². The molecule has 0 aromatic carbocycles. The molecule has 0 radical (unpaired) electrons. The molecule has 1 unspecified atom stereocenters. The van der Waals surface area contributed by atoms with Crippen molar-refractivity contribution >= 4 is 5.78 Å². The van der Waals surface area contributed by atoms with E-state index in [1.54, 1.807) is 18.3 Å². The third-order valence-corrected chi connectivity index (χ3v) is 2.36. The average molecular weight is 222 g/mol. The second-order valence-electron chi connectivity index (χ2n) is 3.73. The Labute approximate surface area is 95.8 Å². The minimum Gasteiger partial charge on any atom is -0.494 e. The maximum absolute atomic E-state index is 11.9. The molecule has 1 aromatic rings. The van der Waals surface area contributed by atoms with Gasteiger partial charge in [0.1, 0.15) is 11.4 Å². The normalized spacial score (nSPS) is 12.2. The minimum atomic E-state index is -0.0933. The molecule has 0 amide bonds. The van der Waals surface area contributed by atoms with Crippen LogP contribution in [0.4, 0.5) is 0 Å². The van der Waals surface area contributed by atoms with Crippen LogP contribution < -0.4 is 10.5 Å². The molecule has 0 saturated heterocycles. The fourth-order valence-corrected chi connectivity index (χ4v) is 1.57. The fraction of sp³-hybridized carbons (Fsp3) is 0.500. The molecule has 1 rings (SSSR count). The maximum Gasteiger partial charge on any atom is 0.186 e. The smallest absolute Gasteiger partial charge is 0.186 e. The molecule has 0 aliphatic heterocycles. The van der Waals surface area contributed by atoms with Crippen molar-refractivity contribution in [3.8, 4) is 5.75 Å². The average Bonchev–Trinajstić information content (AvgIpc) is 2.29. The monoisotopic (exact) mass is 222 g/mol. The maximum atomic E-state index is 11.9. The van der Waals surface area contributed by atoms with Crippen LogP contribution in [-0.2, 0) is 0 Å². The van der Waals surface area contributed by atoms with Gasteiger partial charge >= 0.3 is 0 Å². The first-order valence-corrected chi connectivity index (χ1v) is 5.46. The van der Waals surface area contributed by atoms with E-state index in [0.29, 0.717) is 17.9 Å². The number of Topliss-reactive ketones (excluding diaryl/α,β-unsaturated/α-hetero) is 1. The first-order chi connectivity index (χ1) is 7.69. The van der Waals surface area contributed by atoms with Gasteiger partial charge in [0, 0.05) is 18.7 Å². The third kappa shape index (κ3) is 3.31. The van der Waals surface area contributed by atoms with Gasteiger partial charge in [0.2, 0.25) is 0 Å². The third-order valence-electron chi connectivity index (χ3n) is 2.36. The Hall–Kier alpha value is -1.42. The number of methoxy groups -OCH3 is 1. The highest BCUT2D eigenvalue weighted by Crippen LogP contribution is 2.17. The van der Waals surface area contributed by atoms with Crippen molar-refractivity contribution in [2.45, 2.75) is 32.2 Å². The number of nitrogens with zero attached hydrogens (tertiary/aromatic N) is 1. The number of hydrogen-bond donors (Lipinski definition) is 1. The summed E-state index contributed by atoms with van der Waals surface area (Å²) in [6.45, 7) is 2.05. The molecule has 0 fully saturated rings. The van der Waals surface area contributed by atoms with Crippen LogP contribution in [0.5, 0.6) is 5.75 Å². The zero-order valence-corrected chi connectivity index (χ0v) is 9.77. The molecule has 0 saturated carbocycles. The van der Waals surface area contributed by atoms with Gasteiger partial charge in [-0.1, -0.05) is 13.3 Å². The summed E-state index contributed by atoms with van der Waals surface area (Å²) < 4.78 is 5.08. The van der Waals surface area contributed by atoms with E-state index in [1.807, 2.05) is 6.92 Å². The van der Waals surface area contributed by atoms with E-state index in [2.05, 4.69) is 4.98 Å². The lowest BCUT2D eigenvalue weighted by Gasteiger charge is -2.10. The number of ether oxygens (including phenoxy) is 1. The molecule has 0 spiro atoms. The SMILES string of the molecule is CCCC(N)CC(=O)c1ncccc1OC. The van der Waals surface area contributed by atoms with Crippen molar-refractivity contribution in [2.75, 3.05) is 7.11 Å². The van der Waals surface area contributed by atoms with Gasteiger partial charge in [-0.3, -0.25) is 4.79 Å². The molecule has 4 heteroatoms. The zero-order valence-electron chi connectivity index (χ0n) is 9.77. The van der Waals surface area contributed by atoms with Crippen LogP contribution in [0.2, 0.25) is 0 Å². The molecule has 2 N–H and O–H groups in total.